The van der Waals surface area contributed by atoms with Crippen molar-refractivity contribution in [2.75, 3.05) is 12.3 Å². The highest BCUT2D eigenvalue weighted by Gasteiger charge is 2.63. The number of alkyl halides is 2. The number of aromatic nitrogens is 2. The third kappa shape index (κ3) is 10.6. The molecule has 3 heterocycles. The second kappa shape index (κ2) is 18.2. The summed E-state index contributed by atoms with van der Waals surface area (Å²) in [5, 5.41) is 0. The summed E-state index contributed by atoms with van der Waals surface area (Å²) in [4.78, 5) is 28.7. The number of benzene rings is 1. The summed E-state index contributed by atoms with van der Waals surface area (Å²) in [6, 6.07) is 6.31. The molecule has 4 atom stereocenters. The van der Waals surface area contributed by atoms with E-state index in [2.05, 4.69) is 11.9 Å². The van der Waals surface area contributed by atoms with Gasteiger partial charge in [-0.05, 0) is 31.0 Å². The zero-order valence-electron chi connectivity index (χ0n) is 28.1. The van der Waals surface area contributed by atoms with Crippen LogP contribution in [0.1, 0.15) is 121 Å². The SMILES string of the molecule is CCCCCCCCCCCCCCCCC(=O)O[C@@H]1[C@@H](COP2(=O)OCc3c(C)cccc3O2)OC(n2ccc(N)nc2=O)C1(F)F. The normalized spacial score (nSPS) is 23.0. The minimum Gasteiger partial charge on any atom is -0.453 e. The Kier molecular flexibility index (Phi) is 14.4. The molecule has 1 fully saturated rings. The summed E-state index contributed by atoms with van der Waals surface area (Å²) in [5.74, 6) is -4.59. The minimum absolute atomic E-state index is 0.0624. The molecule has 0 saturated carbocycles. The quantitative estimate of drug-likeness (QED) is 0.0818. The lowest BCUT2D eigenvalue weighted by molar-refractivity contribution is -0.176. The second-order valence-corrected chi connectivity index (χ2v) is 14.3. The number of nitrogen functional groups attached to an aromatic ring is 1. The number of nitrogens with two attached hydrogens (primary N) is 1. The van der Waals surface area contributed by atoms with Gasteiger partial charge < -0.3 is 19.7 Å². The molecule has 0 bridgehead atoms. The van der Waals surface area contributed by atoms with Crippen molar-refractivity contribution in [1.82, 2.24) is 9.55 Å². The maximum Gasteiger partial charge on any atom is 0.530 e. The molecule has 2 N–H and O–H groups in total. The Labute approximate surface area is 281 Å². The van der Waals surface area contributed by atoms with Gasteiger partial charge in [-0.1, -0.05) is 103 Å². The van der Waals surface area contributed by atoms with E-state index in [1.165, 1.54) is 63.9 Å². The summed E-state index contributed by atoms with van der Waals surface area (Å²) < 4.78 is 72.6. The molecular weight excluding hydrogens is 647 g/mol. The predicted octanol–water partition coefficient (Wildman–Crippen LogP) is 8.18. The molecule has 1 saturated heterocycles. The molecule has 4 rings (SSSR count). The Hall–Kier alpha value is -2.86. The maximum atomic E-state index is 15.9. The average Bonchev–Trinajstić information content (AvgIpc) is 3.28. The van der Waals surface area contributed by atoms with Gasteiger partial charge in [-0.2, -0.15) is 13.8 Å². The first-order chi connectivity index (χ1) is 23.0. The largest absolute Gasteiger partial charge is 0.530 e. The van der Waals surface area contributed by atoms with E-state index in [1.54, 1.807) is 12.1 Å². The first-order valence-corrected chi connectivity index (χ1v) is 18.7. The van der Waals surface area contributed by atoms with Gasteiger partial charge in [0.05, 0.1) is 13.2 Å². The zero-order valence-corrected chi connectivity index (χ0v) is 29.0. The molecular formula is C34H50F2N3O8P. The molecule has 0 radical (unpaired) electrons. The minimum atomic E-state index is -4.24. The molecule has 0 aliphatic carbocycles. The van der Waals surface area contributed by atoms with Gasteiger partial charge in [-0.25, -0.2) is 9.36 Å². The molecule has 11 nitrogen and oxygen atoms in total. The van der Waals surface area contributed by atoms with Crippen LogP contribution in [0.5, 0.6) is 5.75 Å². The van der Waals surface area contributed by atoms with E-state index in [0.29, 0.717) is 16.6 Å². The molecule has 2 aliphatic heterocycles. The van der Waals surface area contributed by atoms with E-state index in [0.717, 1.165) is 37.4 Å². The van der Waals surface area contributed by atoms with Gasteiger partial charge in [0.1, 0.15) is 17.7 Å². The molecule has 48 heavy (non-hydrogen) atoms. The van der Waals surface area contributed by atoms with Crippen LogP contribution in [-0.4, -0.2) is 40.3 Å². The van der Waals surface area contributed by atoms with E-state index in [4.69, 9.17) is 28.8 Å². The van der Waals surface area contributed by atoms with Gasteiger partial charge in [-0.3, -0.25) is 18.4 Å². The molecule has 268 valence electrons. The lowest BCUT2D eigenvalue weighted by atomic mass is 10.0. The van der Waals surface area contributed by atoms with Crippen LogP contribution in [0.3, 0.4) is 0 Å². The number of aryl methyl sites for hydroxylation is 1. The van der Waals surface area contributed by atoms with Crippen molar-refractivity contribution < 1.29 is 41.2 Å². The first kappa shape index (κ1) is 38.0. The monoisotopic (exact) mass is 697 g/mol. The lowest BCUT2D eigenvalue weighted by Gasteiger charge is -2.27. The van der Waals surface area contributed by atoms with E-state index in [-0.39, 0.29) is 24.6 Å². The Bertz CT molecular complexity index is 1440. The van der Waals surface area contributed by atoms with Gasteiger partial charge in [0.15, 0.2) is 6.10 Å². The number of hydrogen-bond donors (Lipinski definition) is 1. The Balaban J connectivity index is 1.27. The fourth-order valence-electron chi connectivity index (χ4n) is 5.98. The summed E-state index contributed by atoms with van der Waals surface area (Å²) in [6.07, 6.45) is 11.0. The van der Waals surface area contributed by atoms with Crippen molar-refractivity contribution in [3.63, 3.8) is 0 Å². The molecule has 0 amide bonds. The number of anilines is 1. The number of carbonyl (C=O) groups is 1. The van der Waals surface area contributed by atoms with E-state index >= 15 is 8.78 Å². The number of fused-ring (bicyclic) bond motifs is 1. The van der Waals surface area contributed by atoms with Crippen molar-refractivity contribution in [2.45, 2.75) is 141 Å². The number of nitrogens with zero attached hydrogens (tertiary/aromatic N) is 2. The van der Waals surface area contributed by atoms with Gasteiger partial charge in [-0.15, -0.1) is 0 Å². The van der Waals surface area contributed by atoms with Crippen molar-refractivity contribution in [1.29, 1.82) is 0 Å². The number of hydrogen-bond acceptors (Lipinski definition) is 10. The highest BCUT2D eigenvalue weighted by atomic mass is 31.2. The number of phosphoric ester groups is 1. The van der Waals surface area contributed by atoms with Crippen LogP contribution in [0.4, 0.5) is 14.6 Å². The molecule has 2 unspecified atom stereocenters. The average molecular weight is 698 g/mol. The fourth-order valence-corrected chi connectivity index (χ4v) is 7.19. The van der Waals surface area contributed by atoms with Crippen LogP contribution in [-0.2, 0) is 34.5 Å². The highest BCUT2D eigenvalue weighted by Crippen LogP contribution is 2.56. The van der Waals surface area contributed by atoms with Gasteiger partial charge in [0.25, 0.3) is 0 Å². The van der Waals surface area contributed by atoms with Crippen LogP contribution < -0.4 is 15.9 Å². The van der Waals surface area contributed by atoms with Crippen LogP contribution >= 0.6 is 7.82 Å². The number of halogens is 2. The summed E-state index contributed by atoms with van der Waals surface area (Å²) >= 11 is 0. The molecule has 2 aliphatic rings. The maximum absolute atomic E-state index is 15.9. The van der Waals surface area contributed by atoms with Crippen molar-refractivity contribution in [3.05, 3.63) is 52.1 Å². The Morgan fingerprint density at radius 3 is 2.27 bits per heavy atom. The van der Waals surface area contributed by atoms with Crippen LogP contribution in [0.2, 0.25) is 0 Å². The fraction of sp³-hybridized carbons (Fsp3) is 0.676. The predicted molar refractivity (Wildman–Crippen MR) is 177 cm³/mol. The van der Waals surface area contributed by atoms with E-state index < -0.39 is 50.4 Å². The highest BCUT2D eigenvalue weighted by molar-refractivity contribution is 7.49. The van der Waals surface area contributed by atoms with Crippen molar-refractivity contribution >= 4 is 19.6 Å². The number of esters is 1. The standard InChI is InChI=1S/C34H50F2N3O8P/c1-3-4-5-6-7-8-9-10-11-12-13-14-15-16-20-30(40)46-31-28(45-32(34(31,35)36)39-22-21-29(37)38-33(39)41)24-44-48(42)43-23-26-25(2)18-17-19-27(26)47-48/h17-19,21-22,28,31-32H,3-16,20,23-24H2,1-2H3,(H2,37,38,41)/t28-,31-,32?,48?/m1/s1. The van der Waals surface area contributed by atoms with Crippen molar-refractivity contribution in [2.24, 2.45) is 0 Å². The third-order valence-electron chi connectivity index (χ3n) is 8.79. The topological polar surface area (TPSA) is 141 Å². The smallest absolute Gasteiger partial charge is 0.453 e. The van der Waals surface area contributed by atoms with Crippen LogP contribution in [0.25, 0.3) is 0 Å². The number of unbranched alkanes of at least 4 members (excludes halogenated alkanes) is 13. The number of carbonyl (C=O) groups excluding carboxylic acids is 1. The lowest BCUT2D eigenvalue weighted by Crippen LogP contribution is -2.44. The molecule has 14 heteroatoms. The number of phosphoric acid groups is 1. The number of rotatable bonds is 20. The van der Waals surface area contributed by atoms with Crippen LogP contribution in [0.15, 0.2) is 35.3 Å². The van der Waals surface area contributed by atoms with Crippen molar-refractivity contribution in [3.8, 4) is 5.75 Å². The third-order valence-corrected chi connectivity index (χ3v) is 10.1. The summed E-state index contributed by atoms with van der Waals surface area (Å²) in [6.45, 7) is 3.25. The van der Waals surface area contributed by atoms with E-state index in [9.17, 15) is 14.2 Å². The molecule has 2 aromatic rings. The summed E-state index contributed by atoms with van der Waals surface area (Å²) in [7, 11) is -4.24. The molecule has 0 spiro atoms. The second-order valence-electron chi connectivity index (χ2n) is 12.7. The Morgan fingerprint density at radius 1 is 1.02 bits per heavy atom. The van der Waals surface area contributed by atoms with Gasteiger partial charge in [0, 0.05) is 18.2 Å². The molecule has 1 aromatic carbocycles. The summed E-state index contributed by atoms with van der Waals surface area (Å²) in [5.41, 5.74) is 5.99. The Morgan fingerprint density at radius 2 is 1.65 bits per heavy atom. The van der Waals surface area contributed by atoms with E-state index in [1.807, 2.05) is 13.0 Å². The number of ether oxygens (including phenoxy) is 2. The molecule has 1 aromatic heterocycles. The van der Waals surface area contributed by atoms with Gasteiger partial charge >= 0.3 is 25.4 Å². The first-order valence-electron chi connectivity index (χ1n) is 17.3. The van der Waals surface area contributed by atoms with Crippen LogP contribution in [0, 0.1) is 6.92 Å². The van der Waals surface area contributed by atoms with Gasteiger partial charge in [0.2, 0.25) is 6.23 Å². The zero-order chi connectivity index (χ0) is 34.6.